The number of aliphatic imine (C=N–C) groups is 1. The van der Waals surface area contributed by atoms with Crippen LogP contribution in [0.4, 0.5) is 0 Å². The third-order valence-corrected chi connectivity index (χ3v) is 6.27. The van der Waals surface area contributed by atoms with Gasteiger partial charge in [-0.3, -0.25) is 9.79 Å². The monoisotopic (exact) mass is 333 g/mol. The first kappa shape index (κ1) is 18.5. The molecule has 0 saturated heterocycles. The maximum Gasteiger partial charge on any atom is 0.184 e. The van der Waals surface area contributed by atoms with E-state index in [1.54, 1.807) is 24.3 Å². The lowest BCUT2D eigenvalue weighted by atomic mass is 9.67. The highest BCUT2D eigenvalue weighted by Crippen LogP contribution is 2.58. The highest BCUT2D eigenvalue weighted by atomic mass is 32.2. The molecular weight excluding hydrogens is 302 g/mol. The van der Waals surface area contributed by atoms with E-state index in [4.69, 9.17) is 0 Å². The molecule has 0 amide bonds. The minimum atomic E-state index is 0.104. The second-order valence-electron chi connectivity index (χ2n) is 8.44. The summed E-state index contributed by atoms with van der Waals surface area (Å²) in [5, 5.41) is 0.699. The number of carbonyl (C=O) groups excluding carboxylic acids is 1. The summed E-state index contributed by atoms with van der Waals surface area (Å²) in [6.07, 6.45) is 6.24. The lowest BCUT2D eigenvalue weighted by Gasteiger charge is -2.38. The van der Waals surface area contributed by atoms with E-state index in [1.807, 2.05) is 0 Å². The Balaban J connectivity index is 0.000000203. The van der Waals surface area contributed by atoms with Gasteiger partial charge in [0.15, 0.2) is 5.78 Å². The molecular formula is C20H31NOS. The predicted molar refractivity (Wildman–Crippen MR) is 102 cm³/mol. The molecule has 0 spiro atoms. The zero-order chi connectivity index (χ0) is 17.4. The normalized spacial score (nSPS) is 30.5. The molecule has 2 atom stereocenters. The number of Topliss-reactive ketones (excluding diaryl/α,β-unsaturated/α-hetero) is 1. The predicted octanol–water partition coefficient (Wildman–Crippen LogP) is 5.30. The van der Waals surface area contributed by atoms with Crippen LogP contribution in [-0.4, -0.2) is 23.1 Å². The van der Waals surface area contributed by atoms with Gasteiger partial charge in [0.1, 0.15) is 5.04 Å². The first-order valence-corrected chi connectivity index (χ1v) is 9.63. The van der Waals surface area contributed by atoms with Crippen molar-refractivity contribution in [3.05, 3.63) is 23.3 Å². The number of fused-ring (bicyclic) bond motifs is 1. The van der Waals surface area contributed by atoms with Crippen LogP contribution in [0.1, 0.15) is 54.9 Å². The summed E-state index contributed by atoms with van der Waals surface area (Å²) in [7, 11) is 0. The molecule has 1 aliphatic heterocycles. The van der Waals surface area contributed by atoms with Crippen molar-refractivity contribution in [1.82, 2.24) is 0 Å². The summed E-state index contributed by atoms with van der Waals surface area (Å²) in [6.45, 7) is 16.6. The molecule has 0 N–H and O–H groups in total. The third kappa shape index (κ3) is 3.99. The van der Waals surface area contributed by atoms with Crippen molar-refractivity contribution >= 4 is 22.6 Å². The summed E-state index contributed by atoms with van der Waals surface area (Å²) >= 11 is 1.55. The highest BCUT2D eigenvalue weighted by molar-refractivity contribution is 8.16. The Labute approximate surface area is 145 Å². The lowest BCUT2D eigenvalue weighted by Crippen LogP contribution is -2.29. The molecule has 2 aliphatic carbocycles. The van der Waals surface area contributed by atoms with E-state index in [1.165, 1.54) is 12.0 Å². The van der Waals surface area contributed by atoms with Crippen LogP contribution in [0.2, 0.25) is 0 Å². The zero-order valence-corrected chi connectivity index (χ0v) is 16.5. The van der Waals surface area contributed by atoms with Crippen molar-refractivity contribution in [2.24, 2.45) is 27.7 Å². The van der Waals surface area contributed by atoms with E-state index >= 15 is 0 Å². The Morgan fingerprint density at radius 1 is 1.30 bits per heavy atom. The molecule has 3 rings (SSSR count). The summed E-state index contributed by atoms with van der Waals surface area (Å²) in [6, 6.07) is 0. The van der Waals surface area contributed by atoms with Crippen molar-refractivity contribution in [2.45, 2.75) is 54.9 Å². The van der Waals surface area contributed by atoms with Crippen LogP contribution in [0, 0.1) is 22.7 Å². The average molecular weight is 334 g/mol. The molecule has 128 valence electrons. The fourth-order valence-corrected chi connectivity index (χ4v) is 5.46. The Kier molecular flexibility index (Phi) is 5.30. The maximum absolute atomic E-state index is 10.5. The zero-order valence-electron chi connectivity index (χ0n) is 15.7. The topological polar surface area (TPSA) is 29.4 Å². The Bertz CT molecular complexity index is 580. The van der Waals surface area contributed by atoms with Crippen molar-refractivity contribution in [2.75, 3.05) is 12.3 Å². The van der Waals surface area contributed by atoms with E-state index in [-0.39, 0.29) is 5.78 Å². The SMILES string of the molecule is CC(=O)C1=NCCS1.CC1=CC(C)(C)C2C(=C1)C(C)(C)CC2C. The average Bonchev–Trinajstić information content (AvgIpc) is 2.96. The third-order valence-electron chi connectivity index (χ3n) is 5.19. The van der Waals surface area contributed by atoms with Gasteiger partial charge >= 0.3 is 0 Å². The van der Waals surface area contributed by atoms with E-state index in [0.717, 1.165) is 24.1 Å². The van der Waals surface area contributed by atoms with Gasteiger partial charge in [0.05, 0.1) is 0 Å². The molecule has 1 fully saturated rings. The van der Waals surface area contributed by atoms with Gasteiger partial charge in [-0.1, -0.05) is 57.9 Å². The molecule has 2 unspecified atom stereocenters. The number of rotatable bonds is 1. The van der Waals surface area contributed by atoms with Crippen LogP contribution in [0.15, 0.2) is 28.3 Å². The van der Waals surface area contributed by atoms with Gasteiger partial charge in [0, 0.05) is 19.2 Å². The lowest BCUT2D eigenvalue weighted by molar-refractivity contribution is -0.110. The standard InChI is InChI=1S/C15H24.C5H7NOS/c1-10-7-12-13(15(5,6)8-10)11(2)9-14(12,3)4;1-4(7)5-6-2-3-8-5/h7-8,11,13H,9H2,1-6H3;2-3H2,1H3. The molecule has 1 heterocycles. The van der Waals surface area contributed by atoms with Gasteiger partial charge in [-0.2, -0.15) is 0 Å². The molecule has 3 aliphatic rings. The molecule has 1 saturated carbocycles. The second-order valence-corrected chi connectivity index (χ2v) is 9.53. The molecule has 0 aromatic heterocycles. The van der Waals surface area contributed by atoms with Crippen LogP contribution in [0.3, 0.4) is 0 Å². The van der Waals surface area contributed by atoms with Crippen molar-refractivity contribution in [3.8, 4) is 0 Å². The number of nitrogens with zero attached hydrogens (tertiary/aromatic N) is 1. The van der Waals surface area contributed by atoms with Crippen LogP contribution < -0.4 is 0 Å². The van der Waals surface area contributed by atoms with E-state index in [2.05, 4.69) is 58.7 Å². The largest absolute Gasteiger partial charge is 0.292 e. The van der Waals surface area contributed by atoms with Gasteiger partial charge in [-0.25, -0.2) is 0 Å². The van der Waals surface area contributed by atoms with Crippen molar-refractivity contribution in [1.29, 1.82) is 0 Å². The molecule has 0 bridgehead atoms. The van der Waals surface area contributed by atoms with Gasteiger partial charge in [-0.05, 0) is 36.0 Å². The smallest absolute Gasteiger partial charge is 0.184 e. The number of thioether (sulfide) groups is 1. The Hall–Kier alpha value is -0.830. The first-order chi connectivity index (χ1) is 10.5. The van der Waals surface area contributed by atoms with Gasteiger partial charge in [0.25, 0.3) is 0 Å². The Morgan fingerprint density at radius 3 is 2.43 bits per heavy atom. The minimum Gasteiger partial charge on any atom is -0.292 e. The van der Waals surface area contributed by atoms with E-state index < -0.39 is 0 Å². The second kappa shape index (κ2) is 6.58. The molecule has 0 radical (unpaired) electrons. The van der Waals surface area contributed by atoms with Crippen LogP contribution >= 0.6 is 11.8 Å². The maximum atomic E-state index is 10.5. The Morgan fingerprint density at radius 2 is 1.96 bits per heavy atom. The molecule has 0 aromatic carbocycles. The summed E-state index contributed by atoms with van der Waals surface area (Å²) in [4.78, 5) is 14.5. The number of allylic oxidation sites excluding steroid dienone is 4. The summed E-state index contributed by atoms with van der Waals surface area (Å²) < 4.78 is 0. The van der Waals surface area contributed by atoms with Crippen molar-refractivity contribution in [3.63, 3.8) is 0 Å². The summed E-state index contributed by atoms with van der Waals surface area (Å²) in [5.74, 6) is 2.67. The van der Waals surface area contributed by atoms with Gasteiger partial charge < -0.3 is 0 Å². The molecule has 3 heteroatoms. The quantitative estimate of drug-likeness (QED) is 0.651. The molecule has 0 aromatic rings. The van der Waals surface area contributed by atoms with Gasteiger partial charge in [-0.15, -0.1) is 11.8 Å². The van der Waals surface area contributed by atoms with Crippen molar-refractivity contribution < 1.29 is 4.79 Å². The summed E-state index contributed by atoms with van der Waals surface area (Å²) in [5.41, 5.74) is 3.91. The fourth-order valence-electron chi connectivity index (χ4n) is 4.70. The number of hydrogen-bond acceptors (Lipinski definition) is 3. The van der Waals surface area contributed by atoms with Crippen LogP contribution in [0.5, 0.6) is 0 Å². The molecule has 2 nitrogen and oxygen atoms in total. The van der Waals surface area contributed by atoms with E-state index in [9.17, 15) is 4.79 Å². The van der Waals surface area contributed by atoms with Crippen LogP contribution in [-0.2, 0) is 4.79 Å². The van der Waals surface area contributed by atoms with E-state index in [0.29, 0.717) is 15.9 Å². The minimum absolute atomic E-state index is 0.104. The first-order valence-electron chi connectivity index (χ1n) is 8.64. The molecule has 23 heavy (non-hydrogen) atoms. The van der Waals surface area contributed by atoms with Gasteiger partial charge in [0.2, 0.25) is 0 Å². The number of ketones is 1. The fraction of sp³-hybridized carbons (Fsp3) is 0.700. The number of carbonyl (C=O) groups is 1. The van der Waals surface area contributed by atoms with Crippen LogP contribution in [0.25, 0.3) is 0 Å². The number of hydrogen-bond donors (Lipinski definition) is 0. The highest BCUT2D eigenvalue weighted by Gasteiger charge is 2.48.